The highest BCUT2D eigenvalue weighted by Crippen LogP contribution is 2.34. The van der Waals surface area contributed by atoms with Gasteiger partial charge in [0, 0.05) is 25.9 Å². The molecular formula is C14H16N2O4. The number of hydrogen-bond acceptors (Lipinski definition) is 5. The number of benzene rings is 1. The van der Waals surface area contributed by atoms with Crippen molar-refractivity contribution in [3.8, 4) is 11.5 Å². The Balaban J connectivity index is 1.81. The Hall–Kier alpha value is -2.24. The van der Waals surface area contributed by atoms with Crippen molar-refractivity contribution in [1.29, 1.82) is 0 Å². The average Bonchev–Trinajstić information content (AvgIpc) is 2.54. The molecule has 20 heavy (non-hydrogen) atoms. The lowest BCUT2D eigenvalue weighted by atomic mass is 10.1. The molecule has 0 saturated carbocycles. The summed E-state index contributed by atoms with van der Waals surface area (Å²) >= 11 is 0. The molecule has 0 spiro atoms. The molecule has 2 heterocycles. The van der Waals surface area contributed by atoms with Gasteiger partial charge in [-0.1, -0.05) is 11.2 Å². The average molecular weight is 276 g/mol. The summed E-state index contributed by atoms with van der Waals surface area (Å²) in [5.74, 6) is 1.09. The highest BCUT2D eigenvalue weighted by Gasteiger charge is 2.26. The summed E-state index contributed by atoms with van der Waals surface area (Å²) in [6, 6.07) is 5.36. The molecule has 2 aliphatic heterocycles. The quantitative estimate of drug-likeness (QED) is 0.623. The summed E-state index contributed by atoms with van der Waals surface area (Å²) in [5, 5.41) is 12.0. The number of piperidine rings is 1. The first-order valence-electron chi connectivity index (χ1n) is 6.67. The van der Waals surface area contributed by atoms with Crippen molar-refractivity contribution in [2.45, 2.75) is 12.8 Å². The van der Waals surface area contributed by atoms with E-state index in [0.29, 0.717) is 56.2 Å². The molecule has 0 aliphatic carbocycles. The van der Waals surface area contributed by atoms with Crippen LogP contribution < -0.4 is 9.47 Å². The van der Waals surface area contributed by atoms with E-state index in [1.807, 2.05) is 0 Å². The first-order valence-corrected chi connectivity index (χ1v) is 6.67. The van der Waals surface area contributed by atoms with Gasteiger partial charge in [-0.2, -0.15) is 0 Å². The van der Waals surface area contributed by atoms with Crippen molar-refractivity contribution in [3.05, 3.63) is 23.8 Å². The van der Waals surface area contributed by atoms with Crippen molar-refractivity contribution in [2.75, 3.05) is 26.3 Å². The van der Waals surface area contributed by atoms with E-state index in [-0.39, 0.29) is 5.91 Å². The number of oxime groups is 1. The monoisotopic (exact) mass is 276 g/mol. The van der Waals surface area contributed by atoms with Crippen LogP contribution in [0.3, 0.4) is 0 Å². The predicted octanol–water partition coefficient (Wildman–Crippen LogP) is 1.52. The van der Waals surface area contributed by atoms with Gasteiger partial charge < -0.3 is 19.6 Å². The van der Waals surface area contributed by atoms with Gasteiger partial charge in [0.25, 0.3) is 5.91 Å². The van der Waals surface area contributed by atoms with Gasteiger partial charge in [-0.15, -0.1) is 0 Å². The number of ether oxygens (including phenoxy) is 2. The van der Waals surface area contributed by atoms with Crippen LogP contribution in [0.2, 0.25) is 0 Å². The first kappa shape index (κ1) is 12.8. The number of nitrogens with zero attached hydrogens (tertiary/aromatic N) is 2. The maximum atomic E-state index is 12.6. The van der Waals surface area contributed by atoms with Crippen molar-refractivity contribution in [1.82, 2.24) is 4.90 Å². The summed E-state index contributed by atoms with van der Waals surface area (Å²) in [6.45, 7) is 2.08. The van der Waals surface area contributed by atoms with Crippen LogP contribution in [0.1, 0.15) is 23.2 Å². The summed E-state index contributed by atoms with van der Waals surface area (Å²) < 4.78 is 11.1. The van der Waals surface area contributed by atoms with Gasteiger partial charge >= 0.3 is 0 Å². The number of para-hydroxylation sites is 1. The van der Waals surface area contributed by atoms with Crippen LogP contribution >= 0.6 is 0 Å². The Bertz CT molecular complexity index is 546. The van der Waals surface area contributed by atoms with Crippen LogP contribution in [0.4, 0.5) is 0 Å². The topological polar surface area (TPSA) is 71.4 Å². The van der Waals surface area contributed by atoms with E-state index in [4.69, 9.17) is 14.7 Å². The third-order valence-electron chi connectivity index (χ3n) is 3.57. The number of rotatable bonds is 1. The molecule has 0 unspecified atom stereocenters. The Kier molecular flexibility index (Phi) is 3.45. The van der Waals surface area contributed by atoms with Gasteiger partial charge in [0.05, 0.1) is 11.3 Å². The lowest BCUT2D eigenvalue weighted by Gasteiger charge is -2.29. The predicted molar refractivity (Wildman–Crippen MR) is 71.8 cm³/mol. The zero-order valence-corrected chi connectivity index (χ0v) is 11.0. The summed E-state index contributed by atoms with van der Waals surface area (Å²) in [4.78, 5) is 14.3. The minimum Gasteiger partial charge on any atom is -0.486 e. The van der Waals surface area contributed by atoms with E-state index in [2.05, 4.69) is 5.16 Å². The molecule has 3 rings (SSSR count). The number of carbonyl (C=O) groups is 1. The third kappa shape index (κ3) is 2.29. The Morgan fingerprint density at radius 2 is 1.95 bits per heavy atom. The van der Waals surface area contributed by atoms with Crippen LogP contribution in [-0.2, 0) is 0 Å². The molecule has 0 bridgehead atoms. The Morgan fingerprint density at radius 1 is 1.20 bits per heavy atom. The molecule has 6 nitrogen and oxygen atoms in total. The largest absolute Gasteiger partial charge is 0.486 e. The molecular weight excluding hydrogens is 260 g/mol. The molecule has 106 valence electrons. The fraction of sp³-hybridized carbons (Fsp3) is 0.429. The molecule has 6 heteroatoms. The fourth-order valence-electron chi connectivity index (χ4n) is 2.48. The van der Waals surface area contributed by atoms with Gasteiger partial charge in [-0.3, -0.25) is 4.79 Å². The molecule has 1 N–H and O–H groups in total. The summed E-state index contributed by atoms with van der Waals surface area (Å²) in [7, 11) is 0. The molecule has 0 aromatic heterocycles. The number of carbonyl (C=O) groups excluding carboxylic acids is 1. The second kappa shape index (κ2) is 5.40. The Labute approximate surface area is 116 Å². The van der Waals surface area contributed by atoms with E-state index < -0.39 is 0 Å². The molecule has 1 aromatic carbocycles. The van der Waals surface area contributed by atoms with Crippen LogP contribution in [0, 0.1) is 0 Å². The number of likely N-dealkylation sites (tertiary alicyclic amines) is 1. The minimum atomic E-state index is -0.0654. The number of hydrogen-bond donors (Lipinski definition) is 1. The van der Waals surface area contributed by atoms with Crippen molar-refractivity contribution < 1.29 is 19.5 Å². The van der Waals surface area contributed by atoms with E-state index in [1.165, 1.54) is 0 Å². The SMILES string of the molecule is O=C(c1cccc2c1OCCO2)N1CCC(=NO)CC1. The molecule has 1 fully saturated rings. The molecule has 0 radical (unpaired) electrons. The van der Waals surface area contributed by atoms with E-state index in [1.54, 1.807) is 23.1 Å². The Morgan fingerprint density at radius 3 is 2.70 bits per heavy atom. The zero-order chi connectivity index (χ0) is 13.9. The van der Waals surface area contributed by atoms with Crippen LogP contribution in [0.15, 0.2) is 23.4 Å². The smallest absolute Gasteiger partial charge is 0.257 e. The van der Waals surface area contributed by atoms with Crippen molar-refractivity contribution in [3.63, 3.8) is 0 Å². The van der Waals surface area contributed by atoms with E-state index in [9.17, 15) is 4.79 Å². The standard InChI is InChI=1S/C14H16N2O4/c17-14(16-6-4-10(15-18)5-7-16)11-2-1-3-12-13(11)20-9-8-19-12/h1-3,18H,4-9H2. The molecule has 0 atom stereocenters. The van der Waals surface area contributed by atoms with Gasteiger partial charge in [0.1, 0.15) is 13.2 Å². The van der Waals surface area contributed by atoms with Crippen LogP contribution in [-0.4, -0.2) is 48.0 Å². The second-order valence-electron chi connectivity index (χ2n) is 4.79. The van der Waals surface area contributed by atoms with Gasteiger partial charge in [-0.25, -0.2) is 0 Å². The highest BCUT2D eigenvalue weighted by atomic mass is 16.6. The molecule has 1 saturated heterocycles. The zero-order valence-electron chi connectivity index (χ0n) is 11.0. The fourth-order valence-corrected chi connectivity index (χ4v) is 2.48. The van der Waals surface area contributed by atoms with Gasteiger partial charge in [-0.05, 0) is 12.1 Å². The maximum Gasteiger partial charge on any atom is 0.257 e. The second-order valence-corrected chi connectivity index (χ2v) is 4.79. The molecule has 1 amide bonds. The molecule has 2 aliphatic rings. The van der Waals surface area contributed by atoms with Gasteiger partial charge in [0.2, 0.25) is 0 Å². The highest BCUT2D eigenvalue weighted by molar-refractivity contribution is 5.99. The normalized spacial score (nSPS) is 17.8. The van der Waals surface area contributed by atoms with Crippen LogP contribution in [0.5, 0.6) is 11.5 Å². The van der Waals surface area contributed by atoms with E-state index >= 15 is 0 Å². The van der Waals surface area contributed by atoms with Crippen molar-refractivity contribution >= 4 is 11.6 Å². The lowest BCUT2D eigenvalue weighted by molar-refractivity contribution is 0.0743. The first-order chi connectivity index (χ1) is 9.79. The summed E-state index contributed by atoms with van der Waals surface area (Å²) in [6.07, 6.45) is 1.21. The number of fused-ring (bicyclic) bond motifs is 1. The van der Waals surface area contributed by atoms with Crippen molar-refractivity contribution in [2.24, 2.45) is 5.16 Å². The molecule has 1 aromatic rings. The van der Waals surface area contributed by atoms with Gasteiger partial charge in [0.15, 0.2) is 11.5 Å². The van der Waals surface area contributed by atoms with Crippen LogP contribution in [0.25, 0.3) is 0 Å². The minimum absolute atomic E-state index is 0.0654. The number of amides is 1. The third-order valence-corrected chi connectivity index (χ3v) is 3.57. The summed E-state index contributed by atoms with van der Waals surface area (Å²) in [5.41, 5.74) is 1.27. The maximum absolute atomic E-state index is 12.6. The van der Waals surface area contributed by atoms with E-state index in [0.717, 1.165) is 5.71 Å². The lowest BCUT2D eigenvalue weighted by Crippen LogP contribution is -2.39.